The highest BCUT2D eigenvalue weighted by Gasteiger charge is 2.01. The van der Waals surface area contributed by atoms with Crippen LogP contribution in [0.25, 0.3) is 0 Å². The van der Waals surface area contributed by atoms with E-state index in [0.717, 1.165) is 24.3 Å². The molecule has 0 atom stereocenters. The van der Waals surface area contributed by atoms with E-state index in [0.29, 0.717) is 5.69 Å². The van der Waals surface area contributed by atoms with Crippen LogP contribution in [0.15, 0.2) is 53.6 Å². The Balaban J connectivity index is 1.79. The maximum Gasteiger partial charge on any atom is 0.259 e. The van der Waals surface area contributed by atoms with Gasteiger partial charge in [-0.15, -0.1) is 0 Å². The van der Waals surface area contributed by atoms with Gasteiger partial charge < -0.3 is 10.2 Å². The summed E-state index contributed by atoms with van der Waals surface area (Å²) in [5.74, 6) is -0.591. The first-order valence-corrected chi connectivity index (χ1v) is 8.28. The van der Waals surface area contributed by atoms with Crippen molar-refractivity contribution in [2.24, 2.45) is 5.10 Å². The molecule has 132 valence electrons. The fourth-order valence-electron chi connectivity index (χ4n) is 2.33. The SMILES string of the molecule is CCN(CC)c1ccc(/C=N/NC(=O)CNc2ccc(F)cc2)cc1. The Morgan fingerprint density at radius 2 is 1.72 bits per heavy atom. The molecular weight excluding hydrogens is 319 g/mol. The van der Waals surface area contributed by atoms with Crippen LogP contribution in [-0.4, -0.2) is 31.8 Å². The summed E-state index contributed by atoms with van der Waals surface area (Å²) in [5, 5.41) is 6.84. The van der Waals surface area contributed by atoms with Gasteiger partial charge in [0.25, 0.3) is 5.91 Å². The van der Waals surface area contributed by atoms with Gasteiger partial charge in [-0.3, -0.25) is 4.79 Å². The third-order valence-corrected chi connectivity index (χ3v) is 3.72. The first kappa shape index (κ1) is 18.4. The summed E-state index contributed by atoms with van der Waals surface area (Å²) in [7, 11) is 0. The monoisotopic (exact) mass is 342 g/mol. The summed E-state index contributed by atoms with van der Waals surface area (Å²) in [6.45, 7) is 6.22. The molecule has 2 N–H and O–H groups in total. The Hall–Kier alpha value is -2.89. The van der Waals surface area contributed by atoms with Gasteiger partial charge in [-0.1, -0.05) is 12.1 Å². The molecule has 0 aliphatic heterocycles. The van der Waals surface area contributed by atoms with Crippen LogP contribution in [0.5, 0.6) is 0 Å². The number of hydrogen-bond donors (Lipinski definition) is 2. The Morgan fingerprint density at radius 1 is 1.08 bits per heavy atom. The van der Waals surface area contributed by atoms with Gasteiger partial charge in [0.1, 0.15) is 5.82 Å². The summed E-state index contributed by atoms with van der Waals surface area (Å²) >= 11 is 0. The second-order valence-electron chi connectivity index (χ2n) is 5.42. The second kappa shape index (κ2) is 9.42. The van der Waals surface area contributed by atoms with Crippen LogP contribution in [0.2, 0.25) is 0 Å². The molecule has 5 nitrogen and oxygen atoms in total. The number of hydrazone groups is 1. The van der Waals surface area contributed by atoms with Gasteiger partial charge in [0.05, 0.1) is 12.8 Å². The number of nitrogens with one attached hydrogen (secondary N) is 2. The van der Waals surface area contributed by atoms with Gasteiger partial charge in [-0.05, 0) is 55.8 Å². The van der Waals surface area contributed by atoms with Crippen molar-refractivity contribution in [3.63, 3.8) is 0 Å². The van der Waals surface area contributed by atoms with Crippen molar-refractivity contribution in [1.29, 1.82) is 0 Å². The first-order valence-electron chi connectivity index (χ1n) is 8.28. The predicted octanol–water partition coefficient (Wildman–Crippen LogP) is 3.23. The Morgan fingerprint density at radius 3 is 2.32 bits per heavy atom. The van der Waals surface area contributed by atoms with Crippen molar-refractivity contribution in [1.82, 2.24) is 5.43 Å². The molecule has 6 heteroatoms. The van der Waals surface area contributed by atoms with E-state index in [9.17, 15) is 9.18 Å². The lowest BCUT2D eigenvalue weighted by Gasteiger charge is -2.20. The zero-order valence-corrected chi connectivity index (χ0v) is 14.5. The highest BCUT2D eigenvalue weighted by molar-refractivity contribution is 5.84. The van der Waals surface area contributed by atoms with E-state index in [1.54, 1.807) is 18.3 Å². The van der Waals surface area contributed by atoms with Crippen LogP contribution < -0.4 is 15.6 Å². The van der Waals surface area contributed by atoms with Crippen molar-refractivity contribution in [2.75, 3.05) is 29.9 Å². The molecule has 0 aliphatic rings. The van der Waals surface area contributed by atoms with Crippen LogP contribution in [0, 0.1) is 5.82 Å². The summed E-state index contributed by atoms with van der Waals surface area (Å²) in [4.78, 5) is 14.0. The van der Waals surface area contributed by atoms with Crippen LogP contribution in [0.1, 0.15) is 19.4 Å². The van der Waals surface area contributed by atoms with E-state index in [1.165, 1.54) is 12.1 Å². The number of carbonyl (C=O) groups is 1. The Bertz CT molecular complexity index is 694. The Labute approximate surface area is 147 Å². The molecule has 0 unspecified atom stereocenters. The second-order valence-corrected chi connectivity index (χ2v) is 5.42. The zero-order valence-electron chi connectivity index (χ0n) is 14.5. The van der Waals surface area contributed by atoms with Gasteiger partial charge in [-0.25, -0.2) is 9.82 Å². The van der Waals surface area contributed by atoms with Crippen molar-refractivity contribution in [3.8, 4) is 0 Å². The minimum Gasteiger partial charge on any atom is -0.376 e. The molecule has 0 spiro atoms. The summed E-state index contributed by atoms with van der Waals surface area (Å²) < 4.78 is 12.8. The van der Waals surface area contributed by atoms with Crippen LogP contribution in [-0.2, 0) is 4.79 Å². The molecule has 0 aliphatic carbocycles. The molecule has 0 saturated heterocycles. The van der Waals surface area contributed by atoms with E-state index in [4.69, 9.17) is 0 Å². The molecule has 0 saturated carbocycles. The van der Waals surface area contributed by atoms with Gasteiger partial charge in [0, 0.05) is 24.5 Å². The molecule has 0 radical (unpaired) electrons. The smallest absolute Gasteiger partial charge is 0.259 e. The quantitative estimate of drug-likeness (QED) is 0.572. The largest absolute Gasteiger partial charge is 0.376 e. The molecule has 1 amide bonds. The van der Waals surface area contributed by atoms with E-state index in [1.807, 2.05) is 24.3 Å². The van der Waals surface area contributed by atoms with E-state index < -0.39 is 0 Å². The molecule has 0 aromatic heterocycles. The third-order valence-electron chi connectivity index (χ3n) is 3.72. The molecular formula is C19H23FN4O. The van der Waals surface area contributed by atoms with Crippen LogP contribution >= 0.6 is 0 Å². The third kappa shape index (κ3) is 5.91. The van der Waals surface area contributed by atoms with Crippen molar-refractivity contribution in [2.45, 2.75) is 13.8 Å². The number of halogens is 1. The topological polar surface area (TPSA) is 56.7 Å². The number of nitrogens with zero attached hydrogens (tertiary/aromatic N) is 2. The van der Waals surface area contributed by atoms with Gasteiger partial charge >= 0.3 is 0 Å². The normalized spacial score (nSPS) is 10.7. The molecule has 25 heavy (non-hydrogen) atoms. The maximum atomic E-state index is 12.8. The number of carbonyl (C=O) groups excluding carboxylic acids is 1. The minimum absolute atomic E-state index is 0.0594. The number of hydrogen-bond acceptors (Lipinski definition) is 4. The molecule has 2 aromatic carbocycles. The summed E-state index contributed by atoms with van der Waals surface area (Å²) in [6.07, 6.45) is 1.60. The number of rotatable bonds is 8. The van der Waals surface area contributed by atoms with E-state index in [2.05, 4.69) is 34.6 Å². The van der Waals surface area contributed by atoms with Crippen molar-refractivity contribution < 1.29 is 9.18 Å². The fourth-order valence-corrected chi connectivity index (χ4v) is 2.33. The molecule has 0 heterocycles. The average Bonchev–Trinajstić information content (AvgIpc) is 2.63. The minimum atomic E-state index is -0.313. The summed E-state index contributed by atoms with van der Waals surface area (Å²) in [5.41, 5.74) is 5.20. The van der Waals surface area contributed by atoms with Crippen molar-refractivity contribution in [3.05, 3.63) is 59.9 Å². The van der Waals surface area contributed by atoms with Gasteiger partial charge in [0.15, 0.2) is 0 Å². The van der Waals surface area contributed by atoms with Gasteiger partial charge in [0.2, 0.25) is 0 Å². The Kier molecular flexibility index (Phi) is 6.95. The lowest BCUT2D eigenvalue weighted by atomic mass is 10.2. The molecule has 0 fully saturated rings. The lowest BCUT2D eigenvalue weighted by Crippen LogP contribution is -2.25. The standard InChI is InChI=1S/C19H23FN4O/c1-3-24(4-2)18-11-5-15(6-12-18)13-22-23-19(25)14-21-17-9-7-16(20)8-10-17/h5-13,21H,3-4,14H2,1-2H3,(H,23,25)/b22-13+. The van der Waals surface area contributed by atoms with Crippen LogP contribution in [0.3, 0.4) is 0 Å². The number of anilines is 2. The van der Waals surface area contributed by atoms with Crippen molar-refractivity contribution >= 4 is 23.5 Å². The fraction of sp³-hybridized carbons (Fsp3) is 0.263. The molecule has 2 aromatic rings. The molecule has 0 bridgehead atoms. The molecule has 2 rings (SSSR count). The van der Waals surface area contributed by atoms with Crippen LogP contribution in [0.4, 0.5) is 15.8 Å². The first-order chi connectivity index (χ1) is 12.1. The zero-order chi connectivity index (χ0) is 18.1. The highest BCUT2D eigenvalue weighted by Crippen LogP contribution is 2.14. The highest BCUT2D eigenvalue weighted by atomic mass is 19.1. The van der Waals surface area contributed by atoms with E-state index >= 15 is 0 Å². The average molecular weight is 342 g/mol. The number of benzene rings is 2. The summed E-state index contributed by atoms with van der Waals surface area (Å²) in [6, 6.07) is 13.8. The van der Waals surface area contributed by atoms with Gasteiger partial charge in [-0.2, -0.15) is 5.10 Å². The maximum absolute atomic E-state index is 12.8. The number of amides is 1. The van der Waals surface area contributed by atoms with E-state index in [-0.39, 0.29) is 18.3 Å². The lowest BCUT2D eigenvalue weighted by molar-refractivity contribution is -0.119. The predicted molar refractivity (Wildman–Crippen MR) is 101 cm³/mol.